The molecule has 13 nitrogen and oxygen atoms in total. The van der Waals surface area contributed by atoms with E-state index in [9.17, 15) is 19.6 Å². The van der Waals surface area contributed by atoms with Crippen LogP contribution >= 0.6 is 7.82 Å². The molecule has 1 rings (SSSR count). The number of phosphoric acid groups is 1. The number of aliphatic hydroxyl groups is 4. The molecule has 0 aliphatic carbocycles. The van der Waals surface area contributed by atoms with Gasteiger partial charge in [-0.3, -0.25) is 9.32 Å². The first kappa shape index (κ1) is 25.3. The second-order valence-electron chi connectivity index (χ2n) is 5.95. The molecule has 14 heteroatoms. The minimum atomic E-state index is -5.05. The van der Waals surface area contributed by atoms with E-state index in [4.69, 9.17) is 34.2 Å². The second-order valence-corrected chi connectivity index (χ2v) is 7.14. The number of amides is 1. The zero-order chi connectivity index (χ0) is 21.2. The fourth-order valence-electron chi connectivity index (χ4n) is 2.37. The first-order valence-corrected chi connectivity index (χ1v) is 10.1. The molecule has 28 heavy (non-hydrogen) atoms. The molecule has 0 saturated carbocycles. The summed E-state index contributed by atoms with van der Waals surface area (Å²) in [4.78, 5) is 29.9. The monoisotopic (exact) mass is 433 g/mol. The van der Waals surface area contributed by atoms with Crippen LogP contribution < -0.4 is 5.32 Å². The van der Waals surface area contributed by atoms with Crippen molar-refractivity contribution in [1.82, 2.24) is 5.32 Å². The highest BCUT2D eigenvalue weighted by Crippen LogP contribution is 2.40. The van der Waals surface area contributed by atoms with E-state index < -0.39 is 51.0 Å². The molecule has 1 saturated heterocycles. The fourth-order valence-corrected chi connectivity index (χ4v) is 2.82. The summed E-state index contributed by atoms with van der Waals surface area (Å²) in [6, 6.07) is -1.49. The van der Waals surface area contributed by atoms with Crippen LogP contribution in [-0.2, 0) is 28.1 Å². The number of nitrogens with one attached hydrogen (secondary N) is 1. The third-order valence-corrected chi connectivity index (χ3v) is 4.22. The molecule has 0 aromatic carbocycles. The standard InChI is InChI=1S/C14H28NO12P/c16-3-1-4-24-6-7-25-5-2-10(18)15-11-13(20)12(19)9(8-17)26-14(11)27-28(21,22)23/h9,11-14,16-17,19-20H,1-8H2,(H,15,18)(H2,21,22,23)/t9?,11?,12-,13+,14+/m0/s1. The quantitative estimate of drug-likeness (QED) is 0.113. The van der Waals surface area contributed by atoms with E-state index in [0.29, 0.717) is 13.0 Å². The zero-order valence-corrected chi connectivity index (χ0v) is 16.0. The lowest BCUT2D eigenvalue weighted by Crippen LogP contribution is -2.64. The van der Waals surface area contributed by atoms with Gasteiger partial charge in [0.15, 0.2) is 6.29 Å². The highest BCUT2D eigenvalue weighted by Gasteiger charge is 2.47. The molecule has 1 fully saturated rings. The molecule has 1 aliphatic heterocycles. The molecule has 1 heterocycles. The fraction of sp³-hybridized carbons (Fsp3) is 0.929. The van der Waals surface area contributed by atoms with Gasteiger partial charge in [-0.05, 0) is 6.42 Å². The van der Waals surface area contributed by atoms with Crippen LogP contribution in [0.3, 0.4) is 0 Å². The lowest BCUT2D eigenvalue weighted by molar-refractivity contribution is -0.248. The summed E-state index contributed by atoms with van der Waals surface area (Å²) < 4.78 is 30.9. The Bertz CT molecular complexity index is 503. The largest absolute Gasteiger partial charge is 0.472 e. The minimum Gasteiger partial charge on any atom is -0.396 e. The average molecular weight is 433 g/mol. The van der Waals surface area contributed by atoms with Crippen molar-refractivity contribution < 1.29 is 58.3 Å². The maximum Gasteiger partial charge on any atom is 0.472 e. The number of rotatable bonds is 13. The van der Waals surface area contributed by atoms with Gasteiger partial charge in [-0.15, -0.1) is 0 Å². The van der Waals surface area contributed by atoms with E-state index in [2.05, 4.69) is 9.84 Å². The van der Waals surface area contributed by atoms with Crippen molar-refractivity contribution in [2.24, 2.45) is 0 Å². The second kappa shape index (κ2) is 12.8. The number of phosphoric ester groups is 1. The molecule has 1 amide bonds. The third kappa shape index (κ3) is 9.20. The Morgan fingerprint density at radius 3 is 2.25 bits per heavy atom. The number of hydrogen-bond donors (Lipinski definition) is 7. The minimum absolute atomic E-state index is 0.00466. The highest BCUT2D eigenvalue weighted by molar-refractivity contribution is 7.46. The highest BCUT2D eigenvalue weighted by atomic mass is 31.2. The van der Waals surface area contributed by atoms with Gasteiger partial charge in [0.2, 0.25) is 5.91 Å². The molecule has 1 aliphatic rings. The smallest absolute Gasteiger partial charge is 0.396 e. The predicted octanol–water partition coefficient (Wildman–Crippen LogP) is -3.17. The van der Waals surface area contributed by atoms with Crippen LogP contribution in [0.5, 0.6) is 0 Å². The molecule has 5 atom stereocenters. The third-order valence-electron chi connectivity index (χ3n) is 3.74. The average Bonchev–Trinajstić information content (AvgIpc) is 2.62. The number of carbonyl (C=O) groups excluding carboxylic acids is 1. The Hall–Kier alpha value is -0.700. The Morgan fingerprint density at radius 1 is 1.04 bits per heavy atom. The first-order valence-electron chi connectivity index (χ1n) is 8.61. The lowest BCUT2D eigenvalue weighted by atomic mass is 9.97. The lowest BCUT2D eigenvalue weighted by Gasteiger charge is -2.41. The van der Waals surface area contributed by atoms with Gasteiger partial charge in [0.25, 0.3) is 0 Å². The summed E-state index contributed by atoms with van der Waals surface area (Å²) in [5, 5.41) is 40.0. The van der Waals surface area contributed by atoms with Crippen molar-refractivity contribution in [2.75, 3.05) is 39.6 Å². The topological polar surface area (TPSA) is 204 Å². The number of carbonyl (C=O) groups is 1. The van der Waals surface area contributed by atoms with E-state index in [-0.39, 0.29) is 32.8 Å². The van der Waals surface area contributed by atoms with Crippen LogP contribution in [0.4, 0.5) is 0 Å². The van der Waals surface area contributed by atoms with Crippen molar-refractivity contribution >= 4 is 13.7 Å². The Kier molecular flexibility index (Phi) is 11.6. The van der Waals surface area contributed by atoms with E-state index in [1.54, 1.807) is 0 Å². The molecule has 166 valence electrons. The van der Waals surface area contributed by atoms with Crippen LogP contribution in [0.15, 0.2) is 0 Å². The Morgan fingerprint density at radius 2 is 1.68 bits per heavy atom. The van der Waals surface area contributed by atoms with E-state index >= 15 is 0 Å². The molecule has 0 radical (unpaired) electrons. The summed E-state index contributed by atoms with van der Waals surface area (Å²) in [7, 11) is -5.05. The molecule has 0 aromatic rings. The Balaban J connectivity index is 2.48. The normalized spacial score (nSPS) is 28.3. The van der Waals surface area contributed by atoms with Crippen molar-refractivity contribution in [2.45, 2.75) is 43.5 Å². The molecule has 7 N–H and O–H groups in total. The van der Waals surface area contributed by atoms with E-state index in [1.807, 2.05) is 0 Å². The number of ether oxygens (including phenoxy) is 3. The van der Waals surface area contributed by atoms with Gasteiger partial charge in [-0.1, -0.05) is 0 Å². The maximum absolute atomic E-state index is 12.0. The summed E-state index contributed by atoms with van der Waals surface area (Å²) in [5.74, 6) is -0.650. The summed E-state index contributed by atoms with van der Waals surface area (Å²) in [6.07, 6.45) is -6.10. The predicted molar refractivity (Wildman–Crippen MR) is 90.8 cm³/mol. The van der Waals surface area contributed by atoms with Gasteiger partial charge >= 0.3 is 7.82 Å². The van der Waals surface area contributed by atoms with Crippen LogP contribution in [0.1, 0.15) is 12.8 Å². The molecule has 0 bridgehead atoms. The van der Waals surface area contributed by atoms with Gasteiger partial charge in [0.1, 0.15) is 24.4 Å². The number of hydrogen-bond acceptors (Lipinski definition) is 10. The SMILES string of the molecule is O=C(CCOCCOCCCO)NC1[C@@H](OP(=O)(O)O)OC(CO)[C@H](O)[C@@H]1O. The summed E-state index contributed by atoms with van der Waals surface area (Å²) in [5.41, 5.74) is 0. The van der Waals surface area contributed by atoms with Crippen molar-refractivity contribution in [1.29, 1.82) is 0 Å². The van der Waals surface area contributed by atoms with Crippen molar-refractivity contribution in [3.05, 3.63) is 0 Å². The van der Waals surface area contributed by atoms with Gasteiger partial charge in [-0.25, -0.2) is 4.57 Å². The molecular weight excluding hydrogens is 405 g/mol. The molecule has 0 spiro atoms. The van der Waals surface area contributed by atoms with Crippen LogP contribution in [0.2, 0.25) is 0 Å². The van der Waals surface area contributed by atoms with Gasteiger partial charge in [-0.2, -0.15) is 0 Å². The zero-order valence-electron chi connectivity index (χ0n) is 15.1. The summed E-state index contributed by atoms with van der Waals surface area (Å²) in [6.45, 7) is 0.174. The number of aliphatic hydroxyl groups excluding tert-OH is 4. The molecular formula is C14H28NO12P. The van der Waals surface area contributed by atoms with Crippen LogP contribution in [0, 0.1) is 0 Å². The molecule has 0 aromatic heterocycles. The van der Waals surface area contributed by atoms with E-state index in [0.717, 1.165) is 0 Å². The maximum atomic E-state index is 12.0. The van der Waals surface area contributed by atoms with Gasteiger partial charge < -0.3 is 49.7 Å². The first-order chi connectivity index (χ1) is 13.2. The Labute approximate surface area is 161 Å². The van der Waals surface area contributed by atoms with Crippen molar-refractivity contribution in [3.8, 4) is 0 Å². The van der Waals surface area contributed by atoms with Crippen LogP contribution in [-0.4, -0.2) is 106 Å². The summed E-state index contributed by atoms with van der Waals surface area (Å²) >= 11 is 0. The van der Waals surface area contributed by atoms with Crippen molar-refractivity contribution in [3.63, 3.8) is 0 Å². The van der Waals surface area contributed by atoms with Crippen LogP contribution in [0.25, 0.3) is 0 Å². The molecule has 2 unspecified atom stereocenters. The van der Waals surface area contributed by atoms with E-state index in [1.165, 1.54) is 0 Å². The van der Waals surface area contributed by atoms with Gasteiger partial charge in [0.05, 0.1) is 26.4 Å². The van der Waals surface area contributed by atoms with Gasteiger partial charge in [0, 0.05) is 19.6 Å².